The predicted octanol–water partition coefficient (Wildman–Crippen LogP) is 3.82. The number of nitrogens with zero attached hydrogens (tertiary/aromatic N) is 3. The zero-order valence-electron chi connectivity index (χ0n) is 17.0. The van der Waals surface area contributed by atoms with Crippen molar-refractivity contribution in [1.29, 1.82) is 0 Å². The van der Waals surface area contributed by atoms with Gasteiger partial charge in [0.2, 0.25) is 5.95 Å². The number of aromatic nitrogens is 2. The fourth-order valence-electron chi connectivity index (χ4n) is 3.33. The molecule has 2 aromatic rings. The van der Waals surface area contributed by atoms with Crippen LogP contribution in [0.3, 0.4) is 0 Å². The van der Waals surface area contributed by atoms with Crippen LogP contribution in [0.4, 0.5) is 11.8 Å². The van der Waals surface area contributed by atoms with Gasteiger partial charge in [0, 0.05) is 31.4 Å². The summed E-state index contributed by atoms with van der Waals surface area (Å²) in [5, 5.41) is 3.43. The first-order valence-electron chi connectivity index (χ1n) is 9.58. The lowest BCUT2D eigenvalue weighted by atomic mass is 9.99. The topological polar surface area (TPSA) is 59.5 Å². The molecule has 27 heavy (non-hydrogen) atoms. The lowest BCUT2D eigenvalue weighted by Crippen LogP contribution is -2.32. The highest BCUT2D eigenvalue weighted by Gasteiger charge is 2.21. The van der Waals surface area contributed by atoms with Crippen LogP contribution in [0.1, 0.15) is 37.1 Å². The average Bonchev–Trinajstić information content (AvgIpc) is 2.65. The van der Waals surface area contributed by atoms with Crippen LogP contribution in [0.5, 0.6) is 11.5 Å². The van der Waals surface area contributed by atoms with Crippen molar-refractivity contribution in [3.63, 3.8) is 0 Å². The number of anilines is 2. The normalized spacial score (nSPS) is 13.5. The summed E-state index contributed by atoms with van der Waals surface area (Å²) in [6.45, 7) is 9.06. The molecule has 1 aromatic carbocycles. The first-order valence-corrected chi connectivity index (χ1v) is 9.58. The standard InChI is InChI=1S/C21H30N4O2/c1-14(2)6-8-22-20-10-15(3)23-21(24-20)25-9-7-16-11-18(26-4)19(27-5)12-17(16)13-25/h10-12,14H,6-9,13H2,1-5H3,(H,22,23,24). The van der Waals surface area contributed by atoms with E-state index in [1.807, 2.05) is 13.0 Å². The van der Waals surface area contributed by atoms with E-state index in [1.54, 1.807) is 14.2 Å². The van der Waals surface area contributed by atoms with E-state index in [-0.39, 0.29) is 0 Å². The summed E-state index contributed by atoms with van der Waals surface area (Å²) in [6, 6.07) is 6.16. The maximum Gasteiger partial charge on any atom is 0.227 e. The molecule has 0 spiro atoms. The molecule has 2 heterocycles. The van der Waals surface area contributed by atoms with E-state index >= 15 is 0 Å². The van der Waals surface area contributed by atoms with E-state index in [4.69, 9.17) is 14.5 Å². The molecular weight excluding hydrogens is 340 g/mol. The van der Waals surface area contributed by atoms with Crippen LogP contribution in [0.25, 0.3) is 0 Å². The van der Waals surface area contributed by atoms with Gasteiger partial charge in [-0.15, -0.1) is 0 Å². The van der Waals surface area contributed by atoms with E-state index in [9.17, 15) is 0 Å². The van der Waals surface area contributed by atoms with Crippen molar-refractivity contribution >= 4 is 11.8 Å². The van der Waals surface area contributed by atoms with Gasteiger partial charge in [0.1, 0.15) is 5.82 Å². The van der Waals surface area contributed by atoms with Crippen molar-refractivity contribution < 1.29 is 9.47 Å². The quantitative estimate of drug-likeness (QED) is 0.799. The number of nitrogens with one attached hydrogen (secondary N) is 1. The van der Waals surface area contributed by atoms with Gasteiger partial charge in [0.15, 0.2) is 11.5 Å². The number of aryl methyl sites for hydroxylation is 1. The van der Waals surface area contributed by atoms with Gasteiger partial charge in [0.05, 0.1) is 14.2 Å². The minimum atomic E-state index is 0.672. The maximum absolute atomic E-state index is 5.46. The zero-order valence-corrected chi connectivity index (χ0v) is 17.0. The number of rotatable bonds is 7. The van der Waals surface area contributed by atoms with Crippen LogP contribution < -0.4 is 19.7 Å². The number of hydrogen-bond donors (Lipinski definition) is 1. The second-order valence-corrected chi connectivity index (χ2v) is 7.45. The summed E-state index contributed by atoms with van der Waals surface area (Å²) in [5.41, 5.74) is 3.51. The molecular formula is C21H30N4O2. The van der Waals surface area contributed by atoms with Crippen molar-refractivity contribution in [3.05, 3.63) is 35.0 Å². The Morgan fingerprint density at radius 1 is 1.07 bits per heavy atom. The smallest absolute Gasteiger partial charge is 0.227 e. The van der Waals surface area contributed by atoms with E-state index in [2.05, 4.69) is 41.2 Å². The van der Waals surface area contributed by atoms with Gasteiger partial charge < -0.3 is 19.7 Å². The fourth-order valence-corrected chi connectivity index (χ4v) is 3.33. The van der Waals surface area contributed by atoms with Crippen molar-refractivity contribution in [2.75, 3.05) is 37.5 Å². The van der Waals surface area contributed by atoms with Gasteiger partial charge in [-0.3, -0.25) is 0 Å². The fraction of sp³-hybridized carbons (Fsp3) is 0.524. The molecule has 6 heteroatoms. The Balaban J connectivity index is 1.79. The molecule has 0 atom stereocenters. The number of methoxy groups -OCH3 is 2. The molecule has 1 aromatic heterocycles. The molecule has 1 aliphatic heterocycles. The largest absolute Gasteiger partial charge is 0.493 e. The maximum atomic E-state index is 5.46. The highest BCUT2D eigenvalue weighted by Crippen LogP contribution is 2.34. The van der Waals surface area contributed by atoms with Gasteiger partial charge in [-0.1, -0.05) is 13.8 Å². The first kappa shape index (κ1) is 19.3. The minimum Gasteiger partial charge on any atom is -0.493 e. The third kappa shape index (κ3) is 4.62. The molecule has 0 saturated carbocycles. The Morgan fingerprint density at radius 3 is 2.44 bits per heavy atom. The zero-order chi connectivity index (χ0) is 19.4. The summed E-state index contributed by atoms with van der Waals surface area (Å²) in [4.78, 5) is 11.7. The molecule has 0 unspecified atom stereocenters. The van der Waals surface area contributed by atoms with Gasteiger partial charge in [-0.05, 0) is 48.9 Å². The molecule has 0 aliphatic carbocycles. The molecule has 0 radical (unpaired) electrons. The monoisotopic (exact) mass is 370 g/mol. The SMILES string of the molecule is COc1cc2c(cc1OC)CN(c1nc(C)cc(NCCC(C)C)n1)CC2. The molecule has 1 aliphatic rings. The molecule has 6 nitrogen and oxygen atoms in total. The summed E-state index contributed by atoms with van der Waals surface area (Å²) < 4.78 is 10.9. The predicted molar refractivity (Wildman–Crippen MR) is 109 cm³/mol. The highest BCUT2D eigenvalue weighted by molar-refractivity contribution is 5.52. The number of fused-ring (bicyclic) bond motifs is 1. The Morgan fingerprint density at radius 2 is 1.78 bits per heavy atom. The van der Waals surface area contributed by atoms with Crippen LogP contribution in [-0.4, -0.2) is 37.3 Å². The molecule has 0 saturated heterocycles. The summed E-state index contributed by atoms with van der Waals surface area (Å²) in [7, 11) is 3.34. The van der Waals surface area contributed by atoms with E-state index < -0.39 is 0 Å². The average molecular weight is 370 g/mol. The molecule has 3 rings (SSSR count). The summed E-state index contributed by atoms with van der Waals surface area (Å²) in [6.07, 6.45) is 2.06. The second-order valence-electron chi connectivity index (χ2n) is 7.45. The molecule has 0 amide bonds. The summed E-state index contributed by atoms with van der Waals surface area (Å²) in [5.74, 6) is 3.90. The number of hydrogen-bond acceptors (Lipinski definition) is 6. The molecule has 1 N–H and O–H groups in total. The molecule has 0 fully saturated rings. The van der Waals surface area contributed by atoms with Crippen LogP contribution in [0.15, 0.2) is 18.2 Å². The van der Waals surface area contributed by atoms with E-state index in [0.29, 0.717) is 5.92 Å². The van der Waals surface area contributed by atoms with Crippen LogP contribution >= 0.6 is 0 Å². The van der Waals surface area contributed by atoms with Crippen molar-refractivity contribution in [2.45, 2.75) is 40.2 Å². The van der Waals surface area contributed by atoms with Crippen LogP contribution in [-0.2, 0) is 13.0 Å². The third-order valence-electron chi connectivity index (χ3n) is 4.87. The molecule has 0 bridgehead atoms. The Kier molecular flexibility index (Phi) is 6.04. The number of benzene rings is 1. The van der Waals surface area contributed by atoms with Crippen LogP contribution in [0, 0.1) is 12.8 Å². The van der Waals surface area contributed by atoms with Crippen molar-refractivity contribution in [2.24, 2.45) is 5.92 Å². The lowest BCUT2D eigenvalue weighted by molar-refractivity contribution is 0.353. The van der Waals surface area contributed by atoms with Gasteiger partial charge in [-0.25, -0.2) is 4.98 Å². The summed E-state index contributed by atoms with van der Waals surface area (Å²) >= 11 is 0. The first-order chi connectivity index (χ1) is 13.0. The lowest BCUT2D eigenvalue weighted by Gasteiger charge is -2.30. The van der Waals surface area contributed by atoms with Gasteiger partial charge >= 0.3 is 0 Å². The Labute approximate surface area is 161 Å². The molecule has 146 valence electrons. The minimum absolute atomic E-state index is 0.672. The Hall–Kier alpha value is -2.50. The Bertz CT molecular complexity index is 792. The van der Waals surface area contributed by atoms with Crippen molar-refractivity contribution in [3.8, 4) is 11.5 Å². The second kappa shape index (κ2) is 8.46. The highest BCUT2D eigenvalue weighted by atomic mass is 16.5. The number of ether oxygens (including phenoxy) is 2. The van der Waals surface area contributed by atoms with Gasteiger partial charge in [0.25, 0.3) is 0 Å². The van der Waals surface area contributed by atoms with Crippen molar-refractivity contribution in [1.82, 2.24) is 9.97 Å². The third-order valence-corrected chi connectivity index (χ3v) is 4.87. The van der Waals surface area contributed by atoms with Crippen LogP contribution in [0.2, 0.25) is 0 Å². The van der Waals surface area contributed by atoms with Gasteiger partial charge in [-0.2, -0.15) is 4.98 Å². The van der Waals surface area contributed by atoms with E-state index in [0.717, 1.165) is 61.4 Å². The van der Waals surface area contributed by atoms with E-state index in [1.165, 1.54) is 11.1 Å².